The topological polar surface area (TPSA) is 73.3 Å². The zero-order valence-corrected chi connectivity index (χ0v) is 10.3. The monoisotopic (exact) mass is 267 g/mol. The quantitative estimate of drug-likeness (QED) is 0.679. The number of benzene rings is 1. The minimum atomic E-state index is -0.435. The van der Waals surface area contributed by atoms with Crippen molar-refractivity contribution in [3.63, 3.8) is 0 Å². The molecule has 0 saturated heterocycles. The summed E-state index contributed by atoms with van der Waals surface area (Å²) in [5.74, 6) is -0.667. The van der Waals surface area contributed by atoms with Crippen LogP contribution in [0.3, 0.4) is 0 Å². The number of carbonyl (C=O) groups is 2. The Morgan fingerprint density at radius 2 is 1.75 bits per heavy atom. The number of furan rings is 1. The maximum absolute atomic E-state index is 12.3. The molecule has 1 aromatic carbocycles. The van der Waals surface area contributed by atoms with Gasteiger partial charge in [0.25, 0.3) is 0 Å². The number of rotatable bonds is 4. The Morgan fingerprint density at radius 3 is 2.45 bits per heavy atom. The molecule has 0 radical (unpaired) electrons. The first-order valence-corrected chi connectivity index (χ1v) is 5.89. The number of hydrogen-bond donors (Lipinski definition) is 0. The molecule has 0 aliphatic carbocycles. The average molecular weight is 267 g/mol. The lowest BCUT2D eigenvalue weighted by Crippen LogP contribution is -2.09. The fourth-order valence-corrected chi connectivity index (χ4v) is 1.83. The van der Waals surface area contributed by atoms with Crippen molar-refractivity contribution in [3.8, 4) is 0 Å². The molecule has 0 spiro atoms. The van der Waals surface area contributed by atoms with Crippen LogP contribution in [0, 0.1) is 0 Å². The first-order chi connectivity index (χ1) is 9.77. The molecule has 5 nitrogen and oxygen atoms in total. The van der Waals surface area contributed by atoms with Gasteiger partial charge >= 0.3 is 0 Å². The summed E-state index contributed by atoms with van der Waals surface area (Å²) in [6, 6.07) is 11.7. The predicted molar refractivity (Wildman–Crippen MR) is 68.5 cm³/mol. The zero-order chi connectivity index (χ0) is 13.9. The lowest BCUT2D eigenvalue weighted by molar-refractivity contribution is 0.0986. The second-order valence-corrected chi connectivity index (χ2v) is 4.08. The summed E-state index contributed by atoms with van der Waals surface area (Å²) in [6.45, 7) is 0. The number of carbonyl (C=O) groups excluding carboxylic acids is 2. The van der Waals surface area contributed by atoms with Crippen LogP contribution in [0.25, 0.3) is 0 Å². The van der Waals surface area contributed by atoms with Crippen molar-refractivity contribution in [2.45, 2.75) is 0 Å². The van der Waals surface area contributed by atoms with Gasteiger partial charge in [0.15, 0.2) is 11.5 Å². The van der Waals surface area contributed by atoms with Crippen molar-refractivity contribution in [3.05, 3.63) is 77.6 Å². The number of ketones is 2. The Hall–Kier alpha value is -2.95. The maximum atomic E-state index is 12.3. The van der Waals surface area contributed by atoms with Gasteiger partial charge in [-0.05, 0) is 12.1 Å². The molecule has 0 amide bonds. The van der Waals surface area contributed by atoms with E-state index in [2.05, 4.69) is 5.16 Å². The number of nitrogens with zero attached hydrogens (tertiary/aromatic N) is 1. The fourth-order valence-electron chi connectivity index (χ4n) is 1.83. The molecule has 98 valence electrons. The fraction of sp³-hybridized carbons (Fsp3) is 0. The van der Waals surface area contributed by atoms with E-state index in [9.17, 15) is 9.59 Å². The van der Waals surface area contributed by atoms with Gasteiger partial charge in [-0.2, -0.15) is 0 Å². The molecule has 2 aromatic heterocycles. The largest absolute Gasteiger partial charge is 0.461 e. The molecule has 0 atom stereocenters. The van der Waals surface area contributed by atoms with Crippen LogP contribution in [-0.2, 0) is 0 Å². The van der Waals surface area contributed by atoms with Crippen LogP contribution < -0.4 is 0 Å². The molecule has 3 aromatic rings. The first kappa shape index (κ1) is 12.1. The van der Waals surface area contributed by atoms with E-state index in [0.717, 1.165) is 6.26 Å². The van der Waals surface area contributed by atoms with Crippen LogP contribution in [0.2, 0.25) is 0 Å². The summed E-state index contributed by atoms with van der Waals surface area (Å²) in [5.41, 5.74) is 0.515. The van der Waals surface area contributed by atoms with Gasteiger partial charge < -0.3 is 8.94 Å². The van der Waals surface area contributed by atoms with E-state index < -0.39 is 5.78 Å². The van der Waals surface area contributed by atoms with E-state index in [4.69, 9.17) is 8.94 Å². The van der Waals surface area contributed by atoms with E-state index in [1.807, 2.05) is 0 Å². The Morgan fingerprint density at radius 1 is 0.950 bits per heavy atom. The molecule has 3 rings (SSSR count). The first-order valence-electron chi connectivity index (χ1n) is 5.89. The second kappa shape index (κ2) is 4.97. The van der Waals surface area contributed by atoms with Crippen molar-refractivity contribution in [1.29, 1.82) is 0 Å². The normalized spacial score (nSPS) is 10.4. The van der Waals surface area contributed by atoms with Gasteiger partial charge in [-0.3, -0.25) is 9.59 Å². The van der Waals surface area contributed by atoms with E-state index in [-0.39, 0.29) is 22.8 Å². The van der Waals surface area contributed by atoms with Gasteiger partial charge in [-0.25, -0.2) is 0 Å². The summed E-state index contributed by atoms with van der Waals surface area (Å²) in [5, 5.41) is 3.64. The van der Waals surface area contributed by atoms with Crippen LogP contribution in [0.5, 0.6) is 0 Å². The molecular weight excluding hydrogens is 258 g/mol. The van der Waals surface area contributed by atoms with Gasteiger partial charge in [-0.15, -0.1) is 0 Å². The van der Waals surface area contributed by atoms with Crippen LogP contribution in [0.4, 0.5) is 0 Å². The van der Waals surface area contributed by atoms with E-state index in [1.165, 1.54) is 12.3 Å². The lowest BCUT2D eigenvalue weighted by Gasteiger charge is -1.98. The maximum Gasteiger partial charge on any atom is 0.233 e. The summed E-state index contributed by atoms with van der Waals surface area (Å²) in [6.07, 6.45) is 2.54. The molecule has 0 bridgehead atoms. The van der Waals surface area contributed by atoms with Crippen LogP contribution in [0.1, 0.15) is 32.2 Å². The highest BCUT2D eigenvalue weighted by Crippen LogP contribution is 2.17. The highest BCUT2D eigenvalue weighted by atomic mass is 16.5. The molecule has 0 fully saturated rings. The van der Waals surface area contributed by atoms with Gasteiger partial charge in [0.05, 0.1) is 11.8 Å². The third-order valence-electron chi connectivity index (χ3n) is 2.81. The Bertz CT molecular complexity index is 741. The van der Waals surface area contributed by atoms with Crippen molar-refractivity contribution in [2.75, 3.05) is 0 Å². The average Bonchev–Trinajstić information content (AvgIpc) is 3.18. The second-order valence-electron chi connectivity index (χ2n) is 4.08. The van der Waals surface area contributed by atoms with Crippen molar-refractivity contribution in [2.24, 2.45) is 0 Å². The molecule has 0 aliphatic heterocycles. The molecule has 0 unspecified atom stereocenters. The minimum absolute atomic E-state index is 0.0161. The molecule has 0 N–H and O–H groups in total. The van der Waals surface area contributed by atoms with Crippen LogP contribution in [0.15, 0.2) is 63.9 Å². The highest BCUT2D eigenvalue weighted by molar-refractivity contribution is 6.17. The Balaban J connectivity index is 1.99. The van der Waals surface area contributed by atoms with E-state index in [1.54, 1.807) is 36.4 Å². The number of aromatic nitrogens is 1. The SMILES string of the molecule is O=C(c1ccco1)c1conc1C(=O)c1ccccc1. The van der Waals surface area contributed by atoms with Crippen molar-refractivity contribution in [1.82, 2.24) is 5.16 Å². The lowest BCUT2D eigenvalue weighted by atomic mass is 10.0. The summed E-state index contributed by atoms with van der Waals surface area (Å²) < 4.78 is 9.80. The van der Waals surface area contributed by atoms with Crippen molar-refractivity contribution < 1.29 is 18.5 Å². The number of hydrogen-bond acceptors (Lipinski definition) is 5. The molecule has 5 heteroatoms. The van der Waals surface area contributed by atoms with Gasteiger partial charge in [0, 0.05) is 5.56 Å². The van der Waals surface area contributed by atoms with Gasteiger partial charge in [-0.1, -0.05) is 35.5 Å². The molecule has 0 aliphatic rings. The molecule has 2 heterocycles. The summed E-state index contributed by atoms with van der Waals surface area (Å²) >= 11 is 0. The summed E-state index contributed by atoms with van der Waals surface area (Å²) in [7, 11) is 0. The van der Waals surface area contributed by atoms with E-state index in [0.29, 0.717) is 5.56 Å². The van der Waals surface area contributed by atoms with Gasteiger partial charge in [0.2, 0.25) is 11.6 Å². The van der Waals surface area contributed by atoms with Crippen LogP contribution in [-0.4, -0.2) is 16.7 Å². The molecular formula is C15H9NO4. The molecule has 0 saturated carbocycles. The third kappa shape index (κ3) is 2.05. The predicted octanol–water partition coefficient (Wildman–Crippen LogP) is 2.73. The van der Waals surface area contributed by atoms with Crippen molar-refractivity contribution >= 4 is 11.6 Å². The molecule has 20 heavy (non-hydrogen) atoms. The zero-order valence-electron chi connectivity index (χ0n) is 10.3. The minimum Gasteiger partial charge on any atom is -0.461 e. The van der Waals surface area contributed by atoms with Gasteiger partial charge in [0.1, 0.15) is 6.26 Å². The third-order valence-corrected chi connectivity index (χ3v) is 2.81. The smallest absolute Gasteiger partial charge is 0.233 e. The summed E-state index contributed by atoms with van der Waals surface area (Å²) in [4.78, 5) is 24.5. The standard InChI is InChI=1S/C15H9NO4/c17-14(10-5-2-1-3-6-10)13-11(9-20-16-13)15(18)12-7-4-8-19-12/h1-9H. The van der Waals surface area contributed by atoms with E-state index >= 15 is 0 Å². The van der Waals surface area contributed by atoms with Crippen LogP contribution >= 0.6 is 0 Å². The Kier molecular flexibility index (Phi) is 3.01. The Labute approximate surface area is 113 Å². The highest BCUT2D eigenvalue weighted by Gasteiger charge is 2.25.